The molecule has 0 aliphatic rings. The topological polar surface area (TPSA) is 29.1 Å². The predicted octanol–water partition coefficient (Wildman–Crippen LogP) is 5.79. The summed E-state index contributed by atoms with van der Waals surface area (Å²) in [6.07, 6.45) is 0. The Hall–Kier alpha value is -2.80. The normalized spacial score (nSPS) is 10.7. The van der Waals surface area contributed by atoms with Crippen LogP contribution in [0.3, 0.4) is 0 Å². The zero-order chi connectivity index (χ0) is 19.4. The van der Waals surface area contributed by atoms with E-state index in [9.17, 15) is 22.4 Å². The number of nitrogens with one attached hydrogen (secondary N) is 1. The van der Waals surface area contributed by atoms with Gasteiger partial charge in [-0.2, -0.15) is 0 Å². The second-order valence-corrected chi connectivity index (χ2v) is 6.64. The molecule has 0 spiro atoms. The van der Waals surface area contributed by atoms with E-state index in [2.05, 4.69) is 5.32 Å². The highest BCUT2D eigenvalue weighted by Gasteiger charge is 2.14. The lowest BCUT2D eigenvalue weighted by Gasteiger charge is -2.09. The minimum Gasteiger partial charge on any atom is -0.322 e. The van der Waals surface area contributed by atoms with Crippen LogP contribution in [-0.4, -0.2) is 5.91 Å². The maximum Gasteiger partial charge on any atom is 0.255 e. The van der Waals surface area contributed by atoms with Crippen molar-refractivity contribution >= 4 is 23.4 Å². The van der Waals surface area contributed by atoms with E-state index in [1.54, 1.807) is 0 Å². The molecule has 138 valence electrons. The van der Waals surface area contributed by atoms with Crippen molar-refractivity contribution in [1.82, 2.24) is 0 Å². The van der Waals surface area contributed by atoms with Gasteiger partial charge in [-0.1, -0.05) is 30.3 Å². The van der Waals surface area contributed by atoms with E-state index >= 15 is 0 Å². The Labute approximate surface area is 157 Å². The summed E-state index contributed by atoms with van der Waals surface area (Å²) in [6.45, 7) is 0. The molecule has 0 aromatic heterocycles. The van der Waals surface area contributed by atoms with Gasteiger partial charge in [-0.15, -0.1) is 11.8 Å². The van der Waals surface area contributed by atoms with Crippen molar-refractivity contribution in [2.24, 2.45) is 0 Å². The first kappa shape index (κ1) is 19.0. The molecular weight excluding hydrogens is 378 g/mol. The van der Waals surface area contributed by atoms with Crippen molar-refractivity contribution in [2.45, 2.75) is 10.6 Å². The van der Waals surface area contributed by atoms with E-state index in [1.165, 1.54) is 23.9 Å². The maximum atomic E-state index is 14.0. The number of benzene rings is 3. The molecule has 0 aliphatic carbocycles. The first-order valence-corrected chi connectivity index (χ1v) is 8.85. The number of carbonyl (C=O) groups excluding carboxylic acids is 1. The summed E-state index contributed by atoms with van der Waals surface area (Å²) >= 11 is 1.22. The average Bonchev–Trinajstić information content (AvgIpc) is 2.66. The summed E-state index contributed by atoms with van der Waals surface area (Å²) in [5, 5.41) is 2.27. The van der Waals surface area contributed by atoms with Crippen molar-refractivity contribution < 1.29 is 22.4 Å². The summed E-state index contributed by atoms with van der Waals surface area (Å²) < 4.78 is 53.5. The largest absolute Gasteiger partial charge is 0.322 e. The van der Waals surface area contributed by atoms with Crippen LogP contribution in [0.15, 0.2) is 65.6 Å². The van der Waals surface area contributed by atoms with Gasteiger partial charge in [0.05, 0.1) is 0 Å². The molecule has 0 radical (unpaired) electrons. The molecule has 0 aliphatic heterocycles. The highest BCUT2D eigenvalue weighted by molar-refractivity contribution is 7.98. The van der Waals surface area contributed by atoms with Gasteiger partial charge >= 0.3 is 0 Å². The Morgan fingerprint density at radius 2 is 1.52 bits per heavy atom. The van der Waals surface area contributed by atoms with Gasteiger partial charge in [0.25, 0.3) is 5.91 Å². The number of anilines is 1. The summed E-state index contributed by atoms with van der Waals surface area (Å²) in [6, 6.07) is 14.5. The number of amides is 1. The Balaban J connectivity index is 1.75. The molecule has 7 heteroatoms. The molecule has 0 atom stereocenters. The Kier molecular flexibility index (Phi) is 5.81. The van der Waals surface area contributed by atoms with Crippen LogP contribution in [0.1, 0.15) is 15.9 Å². The van der Waals surface area contributed by atoms with Crippen LogP contribution in [0.4, 0.5) is 23.2 Å². The first-order valence-electron chi connectivity index (χ1n) is 7.86. The Morgan fingerprint density at radius 1 is 0.852 bits per heavy atom. The second kappa shape index (κ2) is 8.26. The highest BCUT2D eigenvalue weighted by Crippen LogP contribution is 2.27. The van der Waals surface area contributed by atoms with Crippen LogP contribution in [0.25, 0.3) is 0 Å². The molecule has 27 heavy (non-hydrogen) atoms. The van der Waals surface area contributed by atoms with Gasteiger partial charge < -0.3 is 5.32 Å². The number of halogens is 4. The number of thioether (sulfide) groups is 1. The standard InChI is InChI=1S/C20H13F4NOS/c21-15-7-6-13(8-18(15)27-11-12-4-2-1-3-5-12)20(26)25-14-9-16(22)19(24)17(23)10-14/h1-10H,11H2,(H,25,26). The van der Waals surface area contributed by atoms with Crippen molar-refractivity contribution in [1.29, 1.82) is 0 Å². The minimum absolute atomic E-state index is 0.108. The summed E-state index contributed by atoms with van der Waals surface area (Å²) in [7, 11) is 0. The zero-order valence-electron chi connectivity index (χ0n) is 13.8. The number of hydrogen-bond donors (Lipinski definition) is 1. The first-order chi connectivity index (χ1) is 12.9. The fourth-order valence-electron chi connectivity index (χ4n) is 2.32. The molecule has 0 unspecified atom stereocenters. The third kappa shape index (κ3) is 4.68. The second-order valence-electron chi connectivity index (χ2n) is 5.63. The molecule has 0 bridgehead atoms. The third-order valence-electron chi connectivity index (χ3n) is 3.67. The Morgan fingerprint density at radius 3 is 2.19 bits per heavy atom. The van der Waals surface area contributed by atoms with Gasteiger partial charge in [0.15, 0.2) is 17.5 Å². The van der Waals surface area contributed by atoms with Gasteiger partial charge in [-0.3, -0.25) is 4.79 Å². The molecule has 3 rings (SSSR count). The van der Waals surface area contributed by atoms with E-state index in [-0.39, 0.29) is 16.1 Å². The number of carbonyl (C=O) groups is 1. The maximum absolute atomic E-state index is 14.0. The van der Waals surface area contributed by atoms with Crippen molar-refractivity contribution in [3.05, 3.63) is 95.1 Å². The molecule has 0 saturated carbocycles. The molecule has 3 aromatic rings. The quantitative estimate of drug-likeness (QED) is 0.339. The average molecular weight is 391 g/mol. The molecule has 1 amide bonds. The lowest BCUT2D eigenvalue weighted by molar-refractivity contribution is 0.102. The van der Waals surface area contributed by atoms with E-state index in [4.69, 9.17) is 0 Å². The van der Waals surface area contributed by atoms with E-state index in [0.29, 0.717) is 17.9 Å². The van der Waals surface area contributed by atoms with Crippen LogP contribution < -0.4 is 5.32 Å². The lowest BCUT2D eigenvalue weighted by atomic mass is 10.2. The molecular formula is C20H13F4NOS. The molecule has 1 N–H and O–H groups in total. The third-order valence-corrected chi connectivity index (χ3v) is 4.77. The summed E-state index contributed by atoms with van der Waals surface area (Å²) in [4.78, 5) is 12.5. The van der Waals surface area contributed by atoms with E-state index in [0.717, 1.165) is 11.6 Å². The van der Waals surface area contributed by atoms with Gasteiger partial charge in [0.1, 0.15) is 5.82 Å². The van der Waals surface area contributed by atoms with Crippen molar-refractivity contribution in [3.63, 3.8) is 0 Å². The van der Waals surface area contributed by atoms with Crippen LogP contribution >= 0.6 is 11.8 Å². The molecule has 0 fully saturated rings. The highest BCUT2D eigenvalue weighted by atomic mass is 32.2. The lowest BCUT2D eigenvalue weighted by Crippen LogP contribution is -2.13. The molecule has 0 saturated heterocycles. The summed E-state index contributed by atoms with van der Waals surface area (Å²) in [5.74, 6) is -5.10. The molecule has 0 heterocycles. The van der Waals surface area contributed by atoms with Crippen molar-refractivity contribution in [3.8, 4) is 0 Å². The van der Waals surface area contributed by atoms with Crippen molar-refractivity contribution in [2.75, 3.05) is 5.32 Å². The van der Waals surface area contributed by atoms with Gasteiger partial charge in [-0.05, 0) is 23.8 Å². The fourth-order valence-corrected chi connectivity index (χ4v) is 3.25. The van der Waals surface area contributed by atoms with Crippen LogP contribution in [0.2, 0.25) is 0 Å². The minimum atomic E-state index is -1.62. The van der Waals surface area contributed by atoms with E-state index in [1.807, 2.05) is 30.3 Å². The smallest absolute Gasteiger partial charge is 0.255 e. The fraction of sp³-hybridized carbons (Fsp3) is 0.0500. The van der Waals surface area contributed by atoms with Gasteiger partial charge in [0.2, 0.25) is 0 Å². The Bertz CT molecular complexity index is 956. The van der Waals surface area contributed by atoms with Crippen LogP contribution in [-0.2, 0) is 5.75 Å². The molecule has 2 nitrogen and oxygen atoms in total. The monoisotopic (exact) mass is 391 g/mol. The summed E-state index contributed by atoms with van der Waals surface area (Å²) in [5.41, 5.74) is 0.866. The molecule has 3 aromatic carbocycles. The van der Waals surface area contributed by atoms with Crippen LogP contribution in [0.5, 0.6) is 0 Å². The number of rotatable bonds is 5. The SMILES string of the molecule is O=C(Nc1cc(F)c(F)c(F)c1)c1ccc(F)c(SCc2ccccc2)c1. The van der Waals surface area contributed by atoms with Gasteiger partial charge in [-0.25, -0.2) is 17.6 Å². The van der Waals surface area contributed by atoms with Gasteiger partial charge in [0, 0.05) is 34.0 Å². The van der Waals surface area contributed by atoms with E-state index < -0.39 is 29.2 Å². The van der Waals surface area contributed by atoms with Crippen LogP contribution in [0, 0.1) is 23.3 Å². The predicted molar refractivity (Wildman–Crippen MR) is 96.7 cm³/mol. The number of hydrogen-bond acceptors (Lipinski definition) is 2. The zero-order valence-corrected chi connectivity index (χ0v) is 14.6.